The van der Waals surface area contributed by atoms with Gasteiger partial charge < -0.3 is 14.2 Å². The zero-order chi connectivity index (χ0) is 21.5. The van der Waals surface area contributed by atoms with E-state index in [-0.39, 0.29) is 30.3 Å². The average Bonchev–Trinajstić information content (AvgIpc) is 2.73. The van der Waals surface area contributed by atoms with Crippen LogP contribution in [-0.2, 0) is 20.9 Å². The molecule has 0 N–H and O–H groups in total. The van der Waals surface area contributed by atoms with Gasteiger partial charge in [-0.2, -0.15) is 0 Å². The van der Waals surface area contributed by atoms with E-state index in [0.29, 0.717) is 37.9 Å². The van der Waals surface area contributed by atoms with Crippen LogP contribution in [0.4, 0.5) is 8.78 Å². The summed E-state index contributed by atoms with van der Waals surface area (Å²) in [5.74, 6) is -3.53. The number of carbonyl (C=O) groups excluding carboxylic acids is 2. The van der Waals surface area contributed by atoms with Gasteiger partial charge in [0.1, 0.15) is 29.6 Å². The molecule has 0 radical (unpaired) electrons. The van der Waals surface area contributed by atoms with Gasteiger partial charge in [0.15, 0.2) is 0 Å². The molecular weight excluding hydrogens is 394 g/mol. The fourth-order valence-electron chi connectivity index (χ4n) is 3.48. The maximum absolute atomic E-state index is 14.4. The Bertz CT molecular complexity index is 853. The van der Waals surface area contributed by atoms with E-state index in [1.54, 1.807) is 31.2 Å². The van der Waals surface area contributed by atoms with Gasteiger partial charge in [0, 0.05) is 12.1 Å². The number of rotatable bonds is 7. The Morgan fingerprint density at radius 2 is 1.60 bits per heavy atom. The van der Waals surface area contributed by atoms with Crippen molar-refractivity contribution in [3.05, 3.63) is 65.2 Å². The molecule has 0 atom stereocenters. The van der Waals surface area contributed by atoms with Crippen LogP contribution in [0.25, 0.3) is 0 Å². The lowest BCUT2D eigenvalue weighted by Gasteiger charge is -2.27. The molecule has 1 aliphatic rings. The molecule has 3 rings (SSSR count). The van der Waals surface area contributed by atoms with E-state index in [0.717, 1.165) is 12.1 Å². The van der Waals surface area contributed by atoms with Gasteiger partial charge in [-0.1, -0.05) is 30.3 Å². The first kappa shape index (κ1) is 21.7. The highest BCUT2D eigenvalue weighted by atomic mass is 19.1. The average molecular weight is 418 g/mol. The molecule has 1 saturated carbocycles. The second kappa shape index (κ2) is 10.2. The summed E-state index contributed by atoms with van der Waals surface area (Å²) < 4.78 is 44.6. The first-order chi connectivity index (χ1) is 14.5. The second-order valence-corrected chi connectivity index (χ2v) is 7.17. The van der Waals surface area contributed by atoms with Crippen LogP contribution in [0, 0.1) is 17.6 Å². The Labute approximate surface area is 173 Å². The van der Waals surface area contributed by atoms with E-state index in [2.05, 4.69) is 0 Å². The second-order valence-electron chi connectivity index (χ2n) is 7.17. The number of carbonyl (C=O) groups is 2. The molecule has 30 heavy (non-hydrogen) atoms. The minimum Gasteiger partial charge on any atom is -0.490 e. The molecule has 160 valence electrons. The van der Waals surface area contributed by atoms with Gasteiger partial charge in [-0.15, -0.1) is 0 Å². The third kappa shape index (κ3) is 5.55. The Morgan fingerprint density at radius 1 is 0.967 bits per heavy atom. The lowest BCUT2D eigenvalue weighted by Crippen LogP contribution is -2.29. The smallest absolute Gasteiger partial charge is 0.344 e. The number of hydrogen-bond acceptors (Lipinski definition) is 5. The predicted molar refractivity (Wildman–Crippen MR) is 105 cm³/mol. The fraction of sp³-hybridized carbons (Fsp3) is 0.391. The van der Waals surface area contributed by atoms with Gasteiger partial charge in [-0.05, 0) is 38.2 Å². The van der Waals surface area contributed by atoms with Crippen LogP contribution in [0.3, 0.4) is 0 Å². The molecule has 0 aromatic heterocycles. The summed E-state index contributed by atoms with van der Waals surface area (Å²) in [6.07, 6.45) is 2.09. The largest absolute Gasteiger partial charge is 0.490 e. The number of ether oxygens (including phenoxy) is 3. The normalized spacial score (nSPS) is 18.5. The van der Waals surface area contributed by atoms with Crippen LogP contribution in [0.2, 0.25) is 0 Å². The van der Waals surface area contributed by atoms with E-state index >= 15 is 0 Å². The molecule has 0 amide bonds. The molecule has 2 aromatic carbocycles. The lowest BCUT2D eigenvalue weighted by atomic mass is 9.87. The summed E-state index contributed by atoms with van der Waals surface area (Å²) >= 11 is 0. The summed E-state index contributed by atoms with van der Waals surface area (Å²) in [6.45, 7) is 2.02. The summed E-state index contributed by atoms with van der Waals surface area (Å²) in [5, 5.41) is 0. The monoisotopic (exact) mass is 418 g/mol. The molecule has 0 unspecified atom stereocenters. The van der Waals surface area contributed by atoms with Crippen molar-refractivity contribution in [1.29, 1.82) is 0 Å². The molecule has 0 bridgehead atoms. The summed E-state index contributed by atoms with van der Waals surface area (Å²) in [7, 11) is 0. The highest BCUT2D eigenvalue weighted by molar-refractivity contribution is 5.90. The van der Waals surface area contributed by atoms with E-state index in [9.17, 15) is 18.4 Å². The molecule has 5 nitrogen and oxygen atoms in total. The topological polar surface area (TPSA) is 61.8 Å². The lowest BCUT2D eigenvalue weighted by molar-refractivity contribution is -0.149. The molecule has 0 saturated heterocycles. The van der Waals surface area contributed by atoms with E-state index in [4.69, 9.17) is 14.2 Å². The highest BCUT2D eigenvalue weighted by Gasteiger charge is 2.29. The molecule has 1 fully saturated rings. The van der Waals surface area contributed by atoms with Crippen LogP contribution in [0.5, 0.6) is 5.75 Å². The summed E-state index contributed by atoms with van der Waals surface area (Å²) in [6, 6.07) is 10.8. The third-order valence-corrected chi connectivity index (χ3v) is 5.03. The van der Waals surface area contributed by atoms with Crippen LogP contribution in [-0.4, -0.2) is 24.6 Å². The molecule has 7 heteroatoms. The molecule has 1 aliphatic carbocycles. The summed E-state index contributed by atoms with van der Waals surface area (Å²) in [5.41, 5.74) is -0.0330. The number of benzene rings is 2. The minimum atomic E-state index is -1.07. The zero-order valence-electron chi connectivity index (χ0n) is 16.7. The van der Waals surface area contributed by atoms with Crippen molar-refractivity contribution in [2.24, 2.45) is 5.92 Å². The van der Waals surface area contributed by atoms with Crippen molar-refractivity contribution in [1.82, 2.24) is 0 Å². The molecule has 0 spiro atoms. The Balaban J connectivity index is 1.58. The zero-order valence-corrected chi connectivity index (χ0v) is 16.7. The number of halogens is 2. The quantitative estimate of drug-likeness (QED) is 0.603. The maximum atomic E-state index is 14.4. The Kier molecular flexibility index (Phi) is 7.38. The molecule has 0 aliphatic heterocycles. The van der Waals surface area contributed by atoms with Crippen molar-refractivity contribution in [3.63, 3.8) is 0 Å². The van der Waals surface area contributed by atoms with Crippen molar-refractivity contribution in [2.45, 2.75) is 45.3 Å². The van der Waals surface area contributed by atoms with E-state index in [1.165, 1.54) is 0 Å². The van der Waals surface area contributed by atoms with Crippen molar-refractivity contribution < 1.29 is 32.6 Å². The number of esters is 2. The first-order valence-electron chi connectivity index (χ1n) is 10.0. The van der Waals surface area contributed by atoms with Gasteiger partial charge in [0.05, 0.1) is 18.6 Å². The molecule has 0 heterocycles. The fourth-order valence-corrected chi connectivity index (χ4v) is 3.48. The van der Waals surface area contributed by atoms with Gasteiger partial charge in [-0.3, -0.25) is 4.79 Å². The van der Waals surface area contributed by atoms with Crippen LogP contribution >= 0.6 is 0 Å². The maximum Gasteiger partial charge on any atom is 0.344 e. The standard InChI is InChI=1S/C23H24F2O5/c1-2-28-22(26)16-8-10-17(11-9-16)30-18-12-19(24)21(20(25)13-18)23(27)29-14-15-6-4-3-5-7-15/h3-7,12-13,16-17H,2,8-11,14H2,1H3. The van der Waals surface area contributed by atoms with Crippen LogP contribution in [0.1, 0.15) is 48.5 Å². The SMILES string of the molecule is CCOC(=O)C1CCC(Oc2cc(F)c(C(=O)OCc3ccccc3)c(F)c2)CC1. The highest BCUT2D eigenvalue weighted by Crippen LogP contribution is 2.30. The molecule has 2 aromatic rings. The first-order valence-corrected chi connectivity index (χ1v) is 10.0. The van der Waals surface area contributed by atoms with E-state index < -0.39 is 23.2 Å². The van der Waals surface area contributed by atoms with Crippen LogP contribution < -0.4 is 4.74 Å². The minimum absolute atomic E-state index is 0.00388. The van der Waals surface area contributed by atoms with Crippen LogP contribution in [0.15, 0.2) is 42.5 Å². The van der Waals surface area contributed by atoms with Gasteiger partial charge in [-0.25, -0.2) is 13.6 Å². The Hall–Kier alpha value is -2.96. The van der Waals surface area contributed by atoms with Gasteiger partial charge in [0.2, 0.25) is 0 Å². The third-order valence-electron chi connectivity index (χ3n) is 5.03. The number of hydrogen-bond donors (Lipinski definition) is 0. The summed E-state index contributed by atoms with van der Waals surface area (Å²) in [4.78, 5) is 23.9. The van der Waals surface area contributed by atoms with Gasteiger partial charge in [0.25, 0.3) is 0 Å². The predicted octanol–water partition coefficient (Wildman–Crippen LogP) is 4.82. The van der Waals surface area contributed by atoms with Gasteiger partial charge >= 0.3 is 11.9 Å². The van der Waals surface area contributed by atoms with E-state index in [1.807, 2.05) is 6.07 Å². The van der Waals surface area contributed by atoms with Crippen molar-refractivity contribution in [2.75, 3.05) is 6.61 Å². The van der Waals surface area contributed by atoms with Crippen molar-refractivity contribution >= 4 is 11.9 Å². The Morgan fingerprint density at radius 3 is 2.20 bits per heavy atom. The molecular formula is C23H24F2O5. The van der Waals surface area contributed by atoms with Crippen molar-refractivity contribution in [3.8, 4) is 5.75 Å².